The van der Waals surface area contributed by atoms with Crippen LogP contribution in [0.4, 0.5) is 0 Å². The molecule has 1 aliphatic rings. The van der Waals surface area contributed by atoms with Crippen molar-refractivity contribution < 1.29 is 14.4 Å². The zero-order valence-corrected chi connectivity index (χ0v) is 14.7. The molecule has 2 aromatic rings. The number of amides is 2. The molecule has 0 spiro atoms. The van der Waals surface area contributed by atoms with E-state index in [0.717, 1.165) is 6.29 Å². The van der Waals surface area contributed by atoms with Gasteiger partial charge in [0.1, 0.15) is 12.5 Å². The van der Waals surface area contributed by atoms with E-state index < -0.39 is 6.17 Å². The summed E-state index contributed by atoms with van der Waals surface area (Å²) in [6.07, 6.45) is 1.93. The summed E-state index contributed by atoms with van der Waals surface area (Å²) in [6, 6.07) is 15.7. The zero-order chi connectivity index (χ0) is 18.7. The first-order valence-corrected chi connectivity index (χ1v) is 8.47. The number of hydrogen-bond donors (Lipinski definition) is 1. The molecule has 2 amide bonds. The van der Waals surface area contributed by atoms with Crippen molar-refractivity contribution in [3.8, 4) is 0 Å². The van der Waals surface area contributed by atoms with Gasteiger partial charge >= 0.3 is 0 Å². The highest BCUT2D eigenvalue weighted by Crippen LogP contribution is 2.25. The minimum Gasteiger partial charge on any atom is -0.331 e. The fraction of sp³-hybridized carbons (Fsp3) is 0.190. The lowest BCUT2D eigenvalue weighted by Crippen LogP contribution is -2.54. The van der Waals surface area contributed by atoms with Crippen LogP contribution in [-0.2, 0) is 4.79 Å². The fourth-order valence-electron chi connectivity index (χ4n) is 2.91. The van der Waals surface area contributed by atoms with Gasteiger partial charge in [-0.2, -0.15) is 0 Å². The minimum atomic E-state index is -0.423. The third kappa shape index (κ3) is 3.42. The number of rotatable bonds is 4. The van der Waals surface area contributed by atoms with Crippen LogP contribution in [0.5, 0.6) is 0 Å². The van der Waals surface area contributed by atoms with Gasteiger partial charge in [0, 0.05) is 17.3 Å². The molecule has 1 N–H and O–H groups in total. The maximum atomic E-state index is 13.0. The SMILES string of the molecule is CC(C)[C@H]1NC(=O)C(c2ccc(C=O)cc2)=CN1C(=O)c1ccccc1. The first-order chi connectivity index (χ1) is 12.5. The second-order valence-corrected chi connectivity index (χ2v) is 6.52. The molecule has 5 nitrogen and oxygen atoms in total. The maximum absolute atomic E-state index is 13.0. The Hall–Kier alpha value is -3.21. The normalized spacial score (nSPS) is 16.9. The molecule has 0 aromatic heterocycles. The van der Waals surface area contributed by atoms with Crippen molar-refractivity contribution in [2.45, 2.75) is 20.0 Å². The molecule has 1 atom stereocenters. The molecule has 132 valence electrons. The van der Waals surface area contributed by atoms with E-state index in [1.54, 1.807) is 47.5 Å². The predicted molar refractivity (Wildman–Crippen MR) is 99.2 cm³/mol. The third-order valence-electron chi connectivity index (χ3n) is 4.34. The molecule has 3 rings (SSSR count). The van der Waals surface area contributed by atoms with Crippen LogP contribution in [0, 0.1) is 5.92 Å². The first-order valence-electron chi connectivity index (χ1n) is 8.47. The first kappa shape index (κ1) is 17.6. The average Bonchev–Trinajstić information content (AvgIpc) is 2.68. The Labute approximate surface area is 152 Å². The van der Waals surface area contributed by atoms with Gasteiger partial charge in [-0.15, -0.1) is 0 Å². The van der Waals surface area contributed by atoms with Crippen molar-refractivity contribution >= 4 is 23.7 Å². The van der Waals surface area contributed by atoms with Gasteiger partial charge in [-0.05, 0) is 23.6 Å². The van der Waals surface area contributed by atoms with E-state index in [0.29, 0.717) is 22.3 Å². The number of nitrogens with one attached hydrogen (secondary N) is 1. The molecule has 1 heterocycles. The molecule has 1 aliphatic heterocycles. The van der Waals surface area contributed by atoms with Gasteiger partial charge < -0.3 is 5.32 Å². The highest BCUT2D eigenvalue weighted by molar-refractivity contribution is 6.21. The van der Waals surface area contributed by atoms with Crippen molar-refractivity contribution in [2.24, 2.45) is 5.92 Å². The van der Waals surface area contributed by atoms with Crippen LogP contribution in [-0.4, -0.2) is 29.2 Å². The van der Waals surface area contributed by atoms with E-state index in [9.17, 15) is 14.4 Å². The second-order valence-electron chi connectivity index (χ2n) is 6.52. The molecule has 2 aromatic carbocycles. The van der Waals surface area contributed by atoms with Gasteiger partial charge in [-0.1, -0.05) is 56.3 Å². The number of aldehydes is 1. The van der Waals surface area contributed by atoms with E-state index >= 15 is 0 Å². The summed E-state index contributed by atoms with van der Waals surface area (Å²) in [4.78, 5) is 38.0. The van der Waals surface area contributed by atoms with Crippen molar-refractivity contribution in [3.05, 3.63) is 77.5 Å². The van der Waals surface area contributed by atoms with Crippen LogP contribution in [0.2, 0.25) is 0 Å². The fourth-order valence-corrected chi connectivity index (χ4v) is 2.91. The number of benzene rings is 2. The van der Waals surface area contributed by atoms with E-state index in [4.69, 9.17) is 0 Å². The second kappa shape index (κ2) is 7.35. The average molecular weight is 348 g/mol. The van der Waals surface area contributed by atoms with Crippen molar-refractivity contribution in [3.63, 3.8) is 0 Å². The zero-order valence-electron chi connectivity index (χ0n) is 14.7. The third-order valence-corrected chi connectivity index (χ3v) is 4.34. The van der Waals surface area contributed by atoms with Gasteiger partial charge in [0.2, 0.25) is 0 Å². The van der Waals surface area contributed by atoms with Gasteiger partial charge in [0.25, 0.3) is 11.8 Å². The minimum absolute atomic E-state index is 0.0434. The Morgan fingerprint density at radius 3 is 2.31 bits per heavy atom. The van der Waals surface area contributed by atoms with Crippen molar-refractivity contribution in [2.75, 3.05) is 0 Å². The Morgan fingerprint density at radius 2 is 1.73 bits per heavy atom. The lowest BCUT2D eigenvalue weighted by Gasteiger charge is -2.36. The largest absolute Gasteiger partial charge is 0.331 e. The van der Waals surface area contributed by atoms with Gasteiger partial charge in [0.05, 0.1) is 5.57 Å². The molecule has 5 heteroatoms. The molecule has 0 saturated heterocycles. The summed E-state index contributed by atoms with van der Waals surface area (Å²) in [6.45, 7) is 3.90. The quantitative estimate of drug-likeness (QED) is 0.864. The summed E-state index contributed by atoms with van der Waals surface area (Å²) in [5.74, 6) is -0.368. The molecule has 0 bridgehead atoms. The Balaban J connectivity index is 2.02. The number of hydrogen-bond acceptors (Lipinski definition) is 3. The Bertz CT molecular complexity index is 855. The smallest absolute Gasteiger partial charge is 0.259 e. The van der Waals surface area contributed by atoms with Gasteiger partial charge in [-0.25, -0.2) is 0 Å². The number of nitrogens with zero attached hydrogens (tertiary/aromatic N) is 1. The highest BCUT2D eigenvalue weighted by atomic mass is 16.2. The van der Waals surface area contributed by atoms with Crippen LogP contribution in [0.3, 0.4) is 0 Å². The summed E-state index contributed by atoms with van der Waals surface area (Å²) in [7, 11) is 0. The predicted octanol–water partition coefficient (Wildman–Crippen LogP) is 3.09. The molecule has 0 aliphatic carbocycles. The van der Waals surface area contributed by atoms with Gasteiger partial charge in [-0.3, -0.25) is 19.3 Å². The summed E-state index contributed by atoms with van der Waals surface area (Å²) in [5, 5.41) is 2.92. The Morgan fingerprint density at radius 1 is 1.08 bits per heavy atom. The monoisotopic (exact) mass is 348 g/mol. The lowest BCUT2D eigenvalue weighted by molar-refractivity contribution is -0.118. The maximum Gasteiger partial charge on any atom is 0.259 e. The van der Waals surface area contributed by atoms with E-state index in [1.807, 2.05) is 32.0 Å². The molecule has 0 unspecified atom stereocenters. The molecule has 0 fully saturated rings. The van der Waals surface area contributed by atoms with Crippen LogP contribution >= 0.6 is 0 Å². The standard InChI is InChI=1S/C21H20N2O3/c1-14(2)19-22-20(25)18(16-10-8-15(13-24)9-11-16)12-23(19)21(26)17-6-4-3-5-7-17/h3-14,19H,1-2H3,(H,22,25)/t19-/m0/s1. The van der Waals surface area contributed by atoms with Crippen LogP contribution in [0.1, 0.15) is 40.1 Å². The number of carbonyl (C=O) groups excluding carboxylic acids is 3. The van der Waals surface area contributed by atoms with Crippen molar-refractivity contribution in [1.29, 1.82) is 0 Å². The molecule has 26 heavy (non-hydrogen) atoms. The molecule has 0 saturated carbocycles. The highest BCUT2D eigenvalue weighted by Gasteiger charge is 2.33. The van der Waals surface area contributed by atoms with E-state index in [-0.39, 0.29) is 17.7 Å². The summed E-state index contributed by atoms with van der Waals surface area (Å²) >= 11 is 0. The van der Waals surface area contributed by atoms with E-state index in [1.165, 1.54) is 0 Å². The molecule has 0 radical (unpaired) electrons. The Kier molecular flexibility index (Phi) is 4.98. The summed E-state index contributed by atoms with van der Waals surface area (Å²) in [5.41, 5.74) is 2.13. The molecular weight excluding hydrogens is 328 g/mol. The van der Waals surface area contributed by atoms with E-state index in [2.05, 4.69) is 5.32 Å². The van der Waals surface area contributed by atoms with Crippen LogP contribution in [0.15, 0.2) is 60.8 Å². The summed E-state index contributed by atoms with van der Waals surface area (Å²) < 4.78 is 0. The number of carbonyl (C=O) groups is 3. The molecular formula is C21H20N2O3. The van der Waals surface area contributed by atoms with Crippen LogP contribution < -0.4 is 5.32 Å². The lowest BCUT2D eigenvalue weighted by atomic mass is 9.99. The van der Waals surface area contributed by atoms with Crippen LogP contribution in [0.25, 0.3) is 5.57 Å². The van der Waals surface area contributed by atoms with Gasteiger partial charge in [0.15, 0.2) is 0 Å². The topological polar surface area (TPSA) is 66.5 Å². The van der Waals surface area contributed by atoms with Crippen molar-refractivity contribution in [1.82, 2.24) is 10.2 Å².